The minimum atomic E-state index is -0.339. The van der Waals surface area contributed by atoms with E-state index in [0.717, 1.165) is 24.8 Å². The molecule has 6 nitrogen and oxygen atoms in total. The van der Waals surface area contributed by atoms with Crippen LogP contribution in [0, 0.1) is 12.8 Å². The van der Waals surface area contributed by atoms with Crippen molar-refractivity contribution in [2.75, 3.05) is 0 Å². The van der Waals surface area contributed by atoms with Gasteiger partial charge in [-0.2, -0.15) is 0 Å². The van der Waals surface area contributed by atoms with E-state index in [1.54, 1.807) is 12.1 Å². The van der Waals surface area contributed by atoms with Gasteiger partial charge in [-0.05, 0) is 31.9 Å². The van der Waals surface area contributed by atoms with Gasteiger partial charge in [0.2, 0.25) is 0 Å². The maximum absolute atomic E-state index is 12.2. The van der Waals surface area contributed by atoms with Crippen LogP contribution in [0.5, 0.6) is 5.75 Å². The van der Waals surface area contributed by atoms with Crippen LogP contribution in [0.15, 0.2) is 23.4 Å². The maximum Gasteiger partial charge on any atom is 0.255 e. The van der Waals surface area contributed by atoms with E-state index < -0.39 is 0 Å². The summed E-state index contributed by atoms with van der Waals surface area (Å²) in [6.45, 7) is 1.85. The molecule has 0 bridgehead atoms. The molecule has 5 N–H and O–H groups in total. The molecule has 2 atom stereocenters. The van der Waals surface area contributed by atoms with Crippen LogP contribution >= 0.6 is 0 Å². The number of phenolic OH excluding ortho intramolecular Hbond substituents is 1. The quantitative estimate of drug-likeness (QED) is 0.289. The number of nitrogens with zero attached hydrogens (tertiary/aromatic N) is 1. The molecule has 0 aliphatic heterocycles. The summed E-state index contributed by atoms with van der Waals surface area (Å²) in [4.78, 5) is 12.2. The van der Waals surface area contributed by atoms with Gasteiger partial charge in [0.1, 0.15) is 11.6 Å². The first-order valence-electron chi connectivity index (χ1n) is 6.61. The molecular weight excluding hydrogens is 258 g/mol. The SMILES string of the molecule is Cc1ccc(O)c(C(=O)NC2CCCC2C(N)=NO)c1. The van der Waals surface area contributed by atoms with Crippen LogP contribution in [0.4, 0.5) is 0 Å². The van der Waals surface area contributed by atoms with Gasteiger partial charge < -0.3 is 21.4 Å². The fraction of sp³-hybridized carbons (Fsp3) is 0.429. The van der Waals surface area contributed by atoms with Crippen molar-refractivity contribution in [2.24, 2.45) is 16.8 Å². The van der Waals surface area contributed by atoms with Crippen molar-refractivity contribution in [3.8, 4) is 5.75 Å². The Bertz CT molecular complexity index is 542. The Labute approximate surface area is 117 Å². The minimum Gasteiger partial charge on any atom is -0.507 e. The second-order valence-corrected chi connectivity index (χ2v) is 5.16. The lowest BCUT2D eigenvalue weighted by Crippen LogP contribution is -2.42. The molecule has 0 heterocycles. The van der Waals surface area contributed by atoms with E-state index in [9.17, 15) is 9.90 Å². The summed E-state index contributed by atoms with van der Waals surface area (Å²) in [5.74, 6) is -0.405. The molecular formula is C14H19N3O3. The lowest BCUT2D eigenvalue weighted by Gasteiger charge is -2.20. The highest BCUT2D eigenvalue weighted by Gasteiger charge is 2.32. The predicted octanol–water partition coefficient (Wildman–Crippen LogP) is 1.35. The number of rotatable bonds is 3. The van der Waals surface area contributed by atoms with Gasteiger partial charge in [0.15, 0.2) is 0 Å². The Hall–Kier alpha value is -2.24. The molecule has 20 heavy (non-hydrogen) atoms. The van der Waals surface area contributed by atoms with E-state index >= 15 is 0 Å². The summed E-state index contributed by atoms with van der Waals surface area (Å²) < 4.78 is 0. The number of amidine groups is 1. The molecule has 1 aromatic carbocycles. The van der Waals surface area contributed by atoms with Gasteiger partial charge in [0.25, 0.3) is 5.91 Å². The summed E-state index contributed by atoms with van der Waals surface area (Å²) >= 11 is 0. The highest BCUT2D eigenvalue weighted by Crippen LogP contribution is 2.27. The highest BCUT2D eigenvalue weighted by molar-refractivity contribution is 5.97. The van der Waals surface area contributed by atoms with Gasteiger partial charge in [-0.15, -0.1) is 0 Å². The summed E-state index contributed by atoms with van der Waals surface area (Å²) in [6, 6.07) is 4.71. The summed E-state index contributed by atoms with van der Waals surface area (Å²) in [7, 11) is 0. The fourth-order valence-corrected chi connectivity index (χ4v) is 2.64. The Balaban J connectivity index is 2.13. The van der Waals surface area contributed by atoms with Crippen LogP contribution in [0.1, 0.15) is 35.2 Å². The second kappa shape index (κ2) is 5.81. The molecule has 2 unspecified atom stereocenters. The van der Waals surface area contributed by atoms with Crippen molar-refractivity contribution in [1.82, 2.24) is 5.32 Å². The number of benzene rings is 1. The number of phenols is 1. The van der Waals surface area contributed by atoms with Gasteiger partial charge in [0.05, 0.1) is 5.56 Å². The maximum atomic E-state index is 12.2. The molecule has 1 aliphatic rings. The molecule has 0 radical (unpaired) electrons. The van der Waals surface area contributed by atoms with E-state index in [2.05, 4.69) is 10.5 Å². The predicted molar refractivity (Wildman–Crippen MR) is 74.8 cm³/mol. The number of nitrogens with one attached hydrogen (secondary N) is 1. The Morgan fingerprint density at radius 3 is 2.90 bits per heavy atom. The number of aromatic hydroxyl groups is 1. The molecule has 1 aliphatic carbocycles. The normalized spacial score (nSPS) is 22.8. The smallest absolute Gasteiger partial charge is 0.255 e. The molecule has 2 rings (SSSR count). The molecule has 0 saturated heterocycles. The summed E-state index contributed by atoms with van der Waals surface area (Å²) in [5, 5.41) is 24.4. The van der Waals surface area contributed by atoms with Gasteiger partial charge >= 0.3 is 0 Å². The Kier molecular flexibility index (Phi) is 4.12. The zero-order valence-corrected chi connectivity index (χ0v) is 11.3. The number of amides is 1. The van der Waals surface area contributed by atoms with Crippen molar-refractivity contribution in [3.05, 3.63) is 29.3 Å². The monoisotopic (exact) mass is 277 g/mol. The zero-order chi connectivity index (χ0) is 14.7. The third-order valence-corrected chi connectivity index (χ3v) is 3.72. The number of carbonyl (C=O) groups is 1. The summed E-state index contributed by atoms with van der Waals surface area (Å²) in [6.07, 6.45) is 2.46. The van der Waals surface area contributed by atoms with E-state index in [0.29, 0.717) is 0 Å². The largest absolute Gasteiger partial charge is 0.507 e. The van der Waals surface area contributed by atoms with Crippen LogP contribution in [-0.4, -0.2) is 28.1 Å². The average Bonchev–Trinajstić information content (AvgIpc) is 2.88. The number of oxime groups is 1. The van der Waals surface area contributed by atoms with Crippen molar-refractivity contribution < 1.29 is 15.1 Å². The van der Waals surface area contributed by atoms with Crippen LogP contribution in [0.25, 0.3) is 0 Å². The van der Waals surface area contributed by atoms with Crippen molar-refractivity contribution >= 4 is 11.7 Å². The number of carbonyl (C=O) groups excluding carboxylic acids is 1. The van der Waals surface area contributed by atoms with Crippen molar-refractivity contribution in [3.63, 3.8) is 0 Å². The first-order chi connectivity index (χ1) is 9.52. The van der Waals surface area contributed by atoms with Crippen LogP contribution in [0.2, 0.25) is 0 Å². The van der Waals surface area contributed by atoms with Crippen LogP contribution < -0.4 is 11.1 Å². The van der Waals surface area contributed by atoms with Crippen LogP contribution in [-0.2, 0) is 0 Å². The molecule has 1 aromatic rings. The van der Waals surface area contributed by atoms with E-state index in [1.807, 2.05) is 6.92 Å². The lowest BCUT2D eigenvalue weighted by atomic mass is 10.0. The number of hydrogen-bond donors (Lipinski definition) is 4. The van der Waals surface area contributed by atoms with E-state index in [4.69, 9.17) is 10.9 Å². The summed E-state index contributed by atoms with van der Waals surface area (Å²) in [5.41, 5.74) is 6.78. The fourth-order valence-electron chi connectivity index (χ4n) is 2.64. The second-order valence-electron chi connectivity index (χ2n) is 5.16. The third-order valence-electron chi connectivity index (χ3n) is 3.72. The highest BCUT2D eigenvalue weighted by atomic mass is 16.4. The van der Waals surface area contributed by atoms with Gasteiger partial charge in [0, 0.05) is 12.0 Å². The van der Waals surface area contributed by atoms with E-state index in [-0.39, 0.29) is 35.0 Å². The average molecular weight is 277 g/mol. The molecule has 0 aromatic heterocycles. The Morgan fingerprint density at radius 1 is 1.45 bits per heavy atom. The van der Waals surface area contributed by atoms with E-state index in [1.165, 1.54) is 6.07 Å². The molecule has 0 spiro atoms. The number of hydrogen-bond acceptors (Lipinski definition) is 4. The standard InChI is InChI=1S/C14H19N3O3/c1-8-5-6-12(18)10(7-8)14(19)16-11-4-2-3-9(11)13(15)17-20/h5-7,9,11,18,20H,2-4H2,1H3,(H2,15,17)(H,16,19). The van der Waals surface area contributed by atoms with Crippen LogP contribution in [0.3, 0.4) is 0 Å². The third kappa shape index (κ3) is 2.84. The molecule has 1 fully saturated rings. The first kappa shape index (κ1) is 14.2. The topological polar surface area (TPSA) is 108 Å². The van der Waals surface area contributed by atoms with Crippen molar-refractivity contribution in [2.45, 2.75) is 32.2 Å². The zero-order valence-electron chi connectivity index (χ0n) is 11.3. The lowest BCUT2D eigenvalue weighted by molar-refractivity contribution is 0.0930. The van der Waals surface area contributed by atoms with Gasteiger partial charge in [-0.3, -0.25) is 4.79 Å². The molecule has 108 valence electrons. The van der Waals surface area contributed by atoms with Gasteiger partial charge in [-0.25, -0.2) is 0 Å². The minimum absolute atomic E-state index is 0.0496. The molecule has 6 heteroatoms. The first-order valence-corrected chi connectivity index (χ1v) is 6.61. The number of nitrogens with two attached hydrogens (primary N) is 1. The number of aryl methyl sites for hydroxylation is 1. The van der Waals surface area contributed by atoms with Gasteiger partial charge in [-0.1, -0.05) is 23.2 Å². The Morgan fingerprint density at radius 2 is 2.20 bits per heavy atom. The van der Waals surface area contributed by atoms with Crippen molar-refractivity contribution in [1.29, 1.82) is 0 Å². The molecule has 1 saturated carbocycles. The molecule has 1 amide bonds.